The summed E-state index contributed by atoms with van der Waals surface area (Å²) in [6.07, 6.45) is 0. The van der Waals surface area contributed by atoms with E-state index in [0.29, 0.717) is 0 Å². The molecule has 0 aromatic carbocycles. The third-order valence-corrected chi connectivity index (χ3v) is 0. The Kier molecular flexibility index (Phi) is 40700. The van der Waals surface area contributed by atoms with E-state index in [2.05, 4.69) is 0 Å². The number of halogens is 1. The molecule has 0 fully saturated rings. The molecule has 0 aliphatic heterocycles. The van der Waals surface area contributed by atoms with Crippen LogP contribution < -0.4 is 0 Å². The average Bonchev–Trinajstić information content (AvgIpc) is 0. The Hall–Kier alpha value is 1.08. The Morgan fingerprint density at radius 1 is 0.444 bits per heavy atom. The Labute approximate surface area is 79.3 Å². The van der Waals surface area contributed by atoms with Gasteiger partial charge in [0.15, 0.2) is 0 Å². The molecule has 0 rings (SSSR count). The van der Waals surface area contributed by atoms with Crippen molar-refractivity contribution in [3.05, 3.63) is 0 Å². The van der Waals surface area contributed by atoms with Crippen LogP contribution in [-0.4, -0.2) is 32.9 Å². The molecule has 0 aliphatic carbocycles. The Morgan fingerprint density at radius 3 is 0.444 bits per heavy atom. The first kappa shape index (κ1) is 717. The first-order valence-corrected chi connectivity index (χ1v) is 0. The van der Waals surface area contributed by atoms with Crippen LogP contribution in [0.25, 0.3) is 0 Å². The van der Waals surface area contributed by atoms with Gasteiger partial charge >= 0.3 is 0 Å². The molecule has 12 N–H and O–H groups in total. The Bertz CT molecular complexity index is 13.0. The average molecular weight is 259 g/mol. The van der Waals surface area contributed by atoms with Gasteiger partial charge in [-0.1, -0.05) is 0 Å². The molecular formula is H13ClCoFeO6. The van der Waals surface area contributed by atoms with E-state index in [9.17, 15) is 0 Å². The van der Waals surface area contributed by atoms with E-state index in [0.717, 1.165) is 0 Å². The molecule has 0 aliphatic rings. The molecule has 9 heteroatoms. The van der Waals surface area contributed by atoms with Crippen LogP contribution in [-0.2, 0) is 33.8 Å². The molecule has 0 aromatic rings. The van der Waals surface area contributed by atoms with E-state index in [4.69, 9.17) is 0 Å². The van der Waals surface area contributed by atoms with Crippen molar-refractivity contribution in [2.45, 2.75) is 0 Å². The molecule has 0 unspecified atom stereocenters. The predicted octanol–water partition coefficient (Wildman–Crippen LogP) is -4.53. The fraction of sp³-hybridized carbons (Fsp3) is 0. The summed E-state index contributed by atoms with van der Waals surface area (Å²) in [7, 11) is 0. The number of rotatable bonds is 0. The molecule has 9 heavy (non-hydrogen) atoms. The van der Waals surface area contributed by atoms with Crippen molar-refractivity contribution in [3.8, 4) is 0 Å². The van der Waals surface area contributed by atoms with Gasteiger partial charge in [-0.2, -0.15) is 0 Å². The van der Waals surface area contributed by atoms with Crippen molar-refractivity contribution in [2.75, 3.05) is 0 Å². The van der Waals surface area contributed by atoms with E-state index < -0.39 is 0 Å². The SMILES string of the molecule is Cl.O.O.O.O.O.O.[Co].[Fe]. The minimum absolute atomic E-state index is 0. The maximum Gasteiger partial charge on any atom is 0 e. The van der Waals surface area contributed by atoms with Crippen molar-refractivity contribution >= 4 is 12.4 Å². The summed E-state index contributed by atoms with van der Waals surface area (Å²) in [6, 6.07) is 0. The van der Waals surface area contributed by atoms with Crippen LogP contribution in [0.1, 0.15) is 0 Å². The molecule has 0 spiro atoms. The summed E-state index contributed by atoms with van der Waals surface area (Å²) in [4.78, 5) is 0. The van der Waals surface area contributed by atoms with E-state index in [1.807, 2.05) is 0 Å². The zero-order valence-corrected chi connectivity index (χ0v) is 7.06. The van der Waals surface area contributed by atoms with Crippen molar-refractivity contribution in [2.24, 2.45) is 0 Å². The van der Waals surface area contributed by atoms with Crippen LogP contribution in [0.5, 0.6) is 0 Å². The first-order valence-electron chi connectivity index (χ1n) is 0. The zero-order chi connectivity index (χ0) is 0. The normalized spacial score (nSPS) is 0. The van der Waals surface area contributed by atoms with Crippen LogP contribution in [0.4, 0.5) is 0 Å². The molecule has 0 heterocycles. The predicted molar refractivity (Wildman–Crippen MR) is 28.9 cm³/mol. The molecule has 0 bridgehead atoms. The molecule has 6 nitrogen and oxygen atoms in total. The minimum Gasteiger partial charge on any atom is -0.412 e. The van der Waals surface area contributed by atoms with Gasteiger partial charge in [-0.25, -0.2) is 0 Å². The molecule has 73 valence electrons. The maximum absolute atomic E-state index is 0. The summed E-state index contributed by atoms with van der Waals surface area (Å²) >= 11 is 0. The summed E-state index contributed by atoms with van der Waals surface area (Å²) in [5, 5.41) is 0. The summed E-state index contributed by atoms with van der Waals surface area (Å²) in [5.74, 6) is 0. The van der Waals surface area contributed by atoms with Crippen molar-refractivity contribution < 1.29 is 66.7 Å². The molecule has 1 radical (unpaired) electrons. The molecule has 0 amide bonds. The van der Waals surface area contributed by atoms with Gasteiger partial charge in [-0.3, -0.25) is 0 Å². The second kappa shape index (κ2) is 511. The summed E-state index contributed by atoms with van der Waals surface area (Å²) in [5.41, 5.74) is 0. The van der Waals surface area contributed by atoms with E-state index in [-0.39, 0.29) is 79.1 Å². The minimum atomic E-state index is 0. The molecule has 0 saturated heterocycles. The van der Waals surface area contributed by atoms with Gasteiger partial charge in [-0.05, 0) is 0 Å². The standard InChI is InChI=1S/ClH.Co.Fe.6H2O/h1H;;;6*1H2. The monoisotopic (exact) mass is 259 g/mol. The molecular weight excluding hydrogens is 246 g/mol. The van der Waals surface area contributed by atoms with E-state index in [1.54, 1.807) is 0 Å². The van der Waals surface area contributed by atoms with Gasteiger partial charge in [0.2, 0.25) is 0 Å². The van der Waals surface area contributed by atoms with Crippen molar-refractivity contribution in [1.29, 1.82) is 0 Å². The quantitative estimate of drug-likeness (QED) is 0.379. The van der Waals surface area contributed by atoms with E-state index >= 15 is 0 Å². The summed E-state index contributed by atoms with van der Waals surface area (Å²) < 4.78 is 0. The van der Waals surface area contributed by atoms with Gasteiger partial charge < -0.3 is 32.9 Å². The maximum atomic E-state index is 0. The van der Waals surface area contributed by atoms with Gasteiger partial charge in [0.1, 0.15) is 0 Å². The number of hydrogen-bond acceptors (Lipinski definition) is 0. The van der Waals surface area contributed by atoms with Gasteiger partial charge in [-0.15, -0.1) is 12.4 Å². The molecule has 0 saturated carbocycles. The second-order valence-electron chi connectivity index (χ2n) is 0. The third-order valence-electron chi connectivity index (χ3n) is 0. The van der Waals surface area contributed by atoms with Crippen LogP contribution in [0.15, 0.2) is 0 Å². The fourth-order valence-corrected chi connectivity index (χ4v) is 0. The van der Waals surface area contributed by atoms with Crippen LogP contribution >= 0.6 is 12.4 Å². The zero-order valence-electron chi connectivity index (χ0n) is 4.10. The topological polar surface area (TPSA) is 189 Å². The van der Waals surface area contributed by atoms with Gasteiger partial charge in [0.25, 0.3) is 0 Å². The smallest absolute Gasteiger partial charge is 0 e. The largest absolute Gasteiger partial charge is 0.412 e. The van der Waals surface area contributed by atoms with Gasteiger partial charge in [0, 0.05) is 33.8 Å². The third kappa shape index (κ3) is 393. The molecule has 0 aromatic heterocycles. The molecule has 0 atom stereocenters. The van der Waals surface area contributed by atoms with Gasteiger partial charge in [0.05, 0.1) is 0 Å². The van der Waals surface area contributed by atoms with Crippen LogP contribution in [0, 0.1) is 0 Å². The van der Waals surface area contributed by atoms with Crippen molar-refractivity contribution in [1.82, 2.24) is 0 Å². The van der Waals surface area contributed by atoms with Crippen LogP contribution in [0.2, 0.25) is 0 Å². The van der Waals surface area contributed by atoms with Crippen molar-refractivity contribution in [3.63, 3.8) is 0 Å². The van der Waals surface area contributed by atoms with E-state index in [1.165, 1.54) is 0 Å². The number of hydrogen-bond donors (Lipinski definition) is 0. The fourth-order valence-electron chi connectivity index (χ4n) is 0. The summed E-state index contributed by atoms with van der Waals surface area (Å²) in [6.45, 7) is 0. The first-order chi connectivity index (χ1) is 0. The Balaban J connectivity index is 0. The Morgan fingerprint density at radius 2 is 0.444 bits per heavy atom. The van der Waals surface area contributed by atoms with Crippen LogP contribution in [0.3, 0.4) is 0 Å². The second-order valence-corrected chi connectivity index (χ2v) is 0.